The van der Waals surface area contributed by atoms with Gasteiger partial charge in [-0.15, -0.1) is 0 Å². The Morgan fingerprint density at radius 1 is 1.25 bits per heavy atom. The van der Waals surface area contributed by atoms with Crippen molar-refractivity contribution in [3.05, 3.63) is 27.2 Å². The molecule has 0 fully saturated rings. The van der Waals surface area contributed by atoms with Gasteiger partial charge < -0.3 is 10.1 Å². The van der Waals surface area contributed by atoms with E-state index < -0.39 is 0 Å². The van der Waals surface area contributed by atoms with Crippen LogP contribution in [0.1, 0.15) is 43.4 Å². The SMILES string of the molecule is CNCCC(C)(C)CCc1c(C)c(Br)cc(C)c1OC. The van der Waals surface area contributed by atoms with E-state index in [0.717, 1.165) is 18.7 Å². The smallest absolute Gasteiger partial charge is 0.125 e. The maximum Gasteiger partial charge on any atom is 0.125 e. The number of ether oxygens (including phenoxy) is 1. The molecule has 0 amide bonds. The van der Waals surface area contributed by atoms with Gasteiger partial charge in [0.25, 0.3) is 0 Å². The predicted octanol–water partition coefficient (Wildman–Crippen LogP) is 4.64. The van der Waals surface area contributed by atoms with E-state index in [0.29, 0.717) is 5.41 Å². The number of rotatable bonds is 7. The van der Waals surface area contributed by atoms with Crippen molar-refractivity contribution < 1.29 is 4.74 Å². The van der Waals surface area contributed by atoms with Crippen LogP contribution in [-0.2, 0) is 6.42 Å². The molecule has 3 heteroatoms. The van der Waals surface area contributed by atoms with Gasteiger partial charge in [-0.25, -0.2) is 0 Å². The number of methoxy groups -OCH3 is 1. The minimum Gasteiger partial charge on any atom is -0.496 e. The summed E-state index contributed by atoms with van der Waals surface area (Å²) in [5.74, 6) is 1.05. The maximum absolute atomic E-state index is 5.63. The van der Waals surface area contributed by atoms with Gasteiger partial charge in [0.2, 0.25) is 0 Å². The van der Waals surface area contributed by atoms with Gasteiger partial charge in [-0.1, -0.05) is 29.8 Å². The molecule has 1 N–H and O–H groups in total. The Bertz CT molecular complexity index is 455. The third kappa shape index (κ3) is 4.49. The van der Waals surface area contributed by atoms with E-state index in [4.69, 9.17) is 4.74 Å². The average Bonchev–Trinajstić information content (AvgIpc) is 2.39. The summed E-state index contributed by atoms with van der Waals surface area (Å²) in [7, 11) is 3.78. The van der Waals surface area contributed by atoms with Crippen LogP contribution in [0.2, 0.25) is 0 Å². The highest BCUT2D eigenvalue weighted by molar-refractivity contribution is 9.10. The molecule has 0 aliphatic carbocycles. The molecule has 0 radical (unpaired) electrons. The Morgan fingerprint density at radius 2 is 1.90 bits per heavy atom. The third-order valence-corrected chi connectivity index (χ3v) is 4.92. The largest absolute Gasteiger partial charge is 0.496 e. The highest BCUT2D eigenvalue weighted by Crippen LogP contribution is 2.35. The Kier molecular flexibility index (Phi) is 6.53. The molecule has 0 unspecified atom stereocenters. The Hall–Kier alpha value is -0.540. The fraction of sp³-hybridized carbons (Fsp3) is 0.647. The van der Waals surface area contributed by atoms with E-state index in [-0.39, 0.29) is 0 Å². The summed E-state index contributed by atoms with van der Waals surface area (Å²) in [4.78, 5) is 0. The summed E-state index contributed by atoms with van der Waals surface area (Å²) in [6, 6.07) is 2.14. The van der Waals surface area contributed by atoms with Gasteiger partial charge in [-0.2, -0.15) is 0 Å². The summed E-state index contributed by atoms with van der Waals surface area (Å²) in [5.41, 5.74) is 4.19. The molecule has 1 rings (SSSR count). The summed E-state index contributed by atoms with van der Waals surface area (Å²) < 4.78 is 6.80. The molecular formula is C17H28BrNO. The van der Waals surface area contributed by atoms with Crippen LogP contribution in [0.15, 0.2) is 10.5 Å². The molecule has 0 saturated heterocycles. The second kappa shape index (κ2) is 7.46. The lowest BCUT2D eigenvalue weighted by molar-refractivity contribution is 0.303. The Labute approximate surface area is 132 Å². The molecule has 0 aliphatic rings. The van der Waals surface area contributed by atoms with Gasteiger partial charge in [0.15, 0.2) is 0 Å². The molecule has 114 valence electrons. The second-order valence-electron chi connectivity index (χ2n) is 6.33. The first-order valence-corrected chi connectivity index (χ1v) is 8.09. The van der Waals surface area contributed by atoms with Gasteiger partial charge in [-0.05, 0) is 74.9 Å². The van der Waals surface area contributed by atoms with Crippen molar-refractivity contribution in [1.29, 1.82) is 0 Å². The topological polar surface area (TPSA) is 21.3 Å². The van der Waals surface area contributed by atoms with Crippen LogP contribution < -0.4 is 10.1 Å². The number of benzene rings is 1. The lowest BCUT2D eigenvalue weighted by Gasteiger charge is -2.26. The van der Waals surface area contributed by atoms with Crippen LogP contribution in [0.3, 0.4) is 0 Å². The molecule has 20 heavy (non-hydrogen) atoms. The third-order valence-electron chi connectivity index (χ3n) is 4.09. The number of halogens is 1. The van der Waals surface area contributed by atoms with Crippen LogP contribution in [0.4, 0.5) is 0 Å². The Balaban J connectivity index is 2.92. The van der Waals surface area contributed by atoms with Crippen molar-refractivity contribution in [1.82, 2.24) is 5.32 Å². The molecule has 1 aromatic carbocycles. The zero-order valence-corrected chi connectivity index (χ0v) is 15.3. The van der Waals surface area contributed by atoms with Crippen molar-refractivity contribution in [2.24, 2.45) is 5.41 Å². The summed E-state index contributed by atoms with van der Waals surface area (Å²) in [5, 5.41) is 3.24. The van der Waals surface area contributed by atoms with E-state index in [2.05, 4.69) is 55.0 Å². The summed E-state index contributed by atoms with van der Waals surface area (Å²) >= 11 is 3.66. The van der Waals surface area contributed by atoms with Gasteiger partial charge in [0.1, 0.15) is 5.75 Å². The van der Waals surface area contributed by atoms with E-state index in [1.54, 1.807) is 7.11 Å². The van der Waals surface area contributed by atoms with Crippen LogP contribution in [0.25, 0.3) is 0 Å². The minimum absolute atomic E-state index is 0.344. The molecule has 1 aromatic rings. The van der Waals surface area contributed by atoms with E-state index >= 15 is 0 Å². The van der Waals surface area contributed by atoms with Crippen LogP contribution in [0.5, 0.6) is 5.75 Å². The number of hydrogen-bond donors (Lipinski definition) is 1. The van der Waals surface area contributed by atoms with E-state index in [1.165, 1.54) is 34.0 Å². The van der Waals surface area contributed by atoms with Gasteiger partial charge in [0.05, 0.1) is 7.11 Å². The predicted molar refractivity (Wildman–Crippen MR) is 90.8 cm³/mol. The second-order valence-corrected chi connectivity index (χ2v) is 7.18. The molecule has 0 aliphatic heterocycles. The van der Waals surface area contributed by atoms with Crippen LogP contribution in [-0.4, -0.2) is 20.7 Å². The van der Waals surface area contributed by atoms with E-state index in [9.17, 15) is 0 Å². The molecule has 0 heterocycles. The standard InChI is InChI=1S/C17H28BrNO/c1-12-11-15(18)13(2)14(16(12)20-6)7-8-17(3,4)9-10-19-5/h11,19H,7-10H2,1-6H3. The van der Waals surface area contributed by atoms with Crippen molar-refractivity contribution in [2.75, 3.05) is 20.7 Å². The average molecular weight is 342 g/mol. The van der Waals surface area contributed by atoms with Crippen molar-refractivity contribution in [3.63, 3.8) is 0 Å². The van der Waals surface area contributed by atoms with Crippen molar-refractivity contribution in [2.45, 2.75) is 47.0 Å². The minimum atomic E-state index is 0.344. The molecule has 0 bridgehead atoms. The molecule has 0 atom stereocenters. The number of hydrogen-bond acceptors (Lipinski definition) is 2. The normalized spacial score (nSPS) is 11.8. The van der Waals surface area contributed by atoms with Crippen molar-refractivity contribution in [3.8, 4) is 5.75 Å². The number of aryl methyl sites for hydroxylation is 1. The lowest BCUT2D eigenvalue weighted by atomic mass is 9.82. The van der Waals surface area contributed by atoms with E-state index in [1.807, 2.05) is 7.05 Å². The number of nitrogens with one attached hydrogen (secondary N) is 1. The first-order valence-electron chi connectivity index (χ1n) is 7.29. The summed E-state index contributed by atoms with van der Waals surface area (Å²) in [6.07, 6.45) is 3.42. The molecule has 0 saturated carbocycles. The highest BCUT2D eigenvalue weighted by atomic mass is 79.9. The van der Waals surface area contributed by atoms with Crippen LogP contribution in [0, 0.1) is 19.3 Å². The van der Waals surface area contributed by atoms with Gasteiger partial charge in [-0.3, -0.25) is 0 Å². The maximum atomic E-state index is 5.63. The fourth-order valence-corrected chi connectivity index (χ4v) is 3.14. The monoisotopic (exact) mass is 341 g/mol. The van der Waals surface area contributed by atoms with Gasteiger partial charge in [0, 0.05) is 4.47 Å². The molecule has 0 spiro atoms. The summed E-state index contributed by atoms with van der Waals surface area (Å²) in [6.45, 7) is 10.0. The first kappa shape index (κ1) is 17.5. The zero-order chi connectivity index (χ0) is 15.3. The highest BCUT2D eigenvalue weighted by Gasteiger charge is 2.20. The zero-order valence-electron chi connectivity index (χ0n) is 13.7. The molecular weight excluding hydrogens is 314 g/mol. The quantitative estimate of drug-likeness (QED) is 0.779. The fourth-order valence-electron chi connectivity index (χ4n) is 2.55. The Morgan fingerprint density at radius 3 is 2.45 bits per heavy atom. The van der Waals surface area contributed by atoms with Crippen LogP contribution >= 0.6 is 15.9 Å². The lowest BCUT2D eigenvalue weighted by Crippen LogP contribution is -2.20. The van der Waals surface area contributed by atoms with Gasteiger partial charge >= 0.3 is 0 Å². The molecule has 0 aromatic heterocycles. The molecule has 2 nitrogen and oxygen atoms in total. The van der Waals surface area contributed by atoms with Crippen molar-refractivity contribution >= 4 is 15.9 Å². The first-order chi connectivity index (χ1) is 9.32.